The van der Waals surface area contributed by atoms with E-state index in [1.165, 1.54) is 0 Å². The number of ether oxygens (including phenoxy) is 1. The monoisotopic (exact) mass is 194 g/mol. The van der Waals surface area contributed by atoms with Crippen LogP contribution in [0.3, 0.4) is 0 Å². The summed E-state index contributed by atoms with van der Waals surface area (Å²) in [5.41, 5.74) is 0.900. The number of hydrogen-bond donors (Lipinski definition) is 2. The van der Waals surface area contributed by atoms with E-state index in [4.69, 9.17) is 4.74 Å². The Morgan fingerprint density at radius 2 is 2.43 bits per heavy atom. The van der Waals surface area contributed by atoms with E-state index in [0.717, 1.165) is 24.6 Å². The maximum Gasteiger partial charge on any atom is 0.129 e. The fourth-order valence-electron chi connectivity index (χ4n) is 1.30. The molecule has 1 aliphatic heterocycles. The minimum Gasteiger partial charge on any atom is -0.378 e. The van der Waals surface area contributed by atoms with Crippen LogP contribution in [0.15, 0.2) is 12.4 Å². The minimum absolute atomic E-state index is 0.500. The van der Waals surface area contributed by atoms with Crippen molar-refractivity contribution in [2.24, 2.45) is 0 Å². The lowest BCUT2D eigenvalue weighted by Gasteiger charge is -2.28. The van der Waals surface area contributed by atoms with E-state index in [-0.39, 0.29) is 0 Å². The Balaban J connectivity index is 1.97. The van der Waals surface area contributed by atoms with Gasteiger partial charge in [-0.3, -0.25) is 0 Å². The molecule has 1 saturated heterocycles. The Morgan fingerprint density at radius 1 is 1.57 bits per heavy atom. The number of anilines is 1. The van der Waals surface area contributed by atoms with Crippen LogP contribution in [0.1, 0.15) is 5.69 Å². The third-order valence-electron chi connectivity index (χ3n) is 2.15. The molecule has 0 unspecified atom stereocenters. The molecule has 0 amide bonds. The molecule has 0 bridgehead atoms. The van der Waals surface area contributed by atoms with E-state index in [2.05, 4.69) is 20.6 Å². The summed E-state index contributed by atoms with van der Waals surface area (Å²) >= 11 is 0. The predicted molar refractivity (Wildman–Crippen MR) is 53.0 cm³/mol. The second-order valence-corrected chi connectivity index (χ2v) is 3.33. The zero-order chi connectivity index (χ0) is 9.80. The van der Waals surface area contributed by atoms with Crippen LogP contribution in [0.5, 0.6) is 0 Å². The van der Waals surface area contributed by atoms with Gasteiger partial charge in [0.15, 0.2) is 0 Å². The number of rotatable bonds is 4. The van der Waals surface area contributed by atoms with Gasteiger partial charge >= 0.3 is 0 Å². The lowest BCUT2D eigenvalue weighted by molar-refractivity contribution is 0.181. The van der Waals surface area contributed by atoms with Crippen molar-refractivity contribution in [2.75, 3.05) is 25.5 Å². The van der Waals surface area contributed by atoms with Gasteiger partial charge in [0.05, 0.1) is 18.3 Å². The highest BCUT2D eigenvalue weighted by Crippen LogP contribution is 2.08. The Hall–Kier alpha value is -1.20. The van der Waals surface area contributed by atoms with Gasteiger partial charge in [-0.1, -0.05) is 0 Å². The number of nitrogens with one attached hydrogen (secondary N) is 2. The summed E-state index contributed by atoms with van der Waals surface area (Å²) in [6.07, 6.45) is 1.56. The third-order valence-corrected chi connectivity index (χ3v) is 2.15. The van der Waals surface area contributed by atoms with Gasteiger partial charge in [0, 0.05) is 26.3 Å². The Labute approximate surface area is 82.9 Å². The molecular weight excluding hydrogens is 180 g/mol. The van der Waals surface area contributed by atoms with Crippen molar-refractivity contribution in [3.05, 3.63) is 18.1 Å². The molecule has 2 N–H and O–H groups in total. The number of aromatic nitrogens is 2. The van der Waals surface area contributed by atoms with Crippen LogP contribution >= 0.6 is 0 Å². The molecule has 76 valence electrons. The van der Waals surface area contributed by atoms with Crippen LogP contribution in [-0.4, -0.2) is 36.2 Å². The van der Waals surface area contributed by atoms with Crippen molar-refractivity contribution in [1.29, 1.82) is 0 Å². The number of nitrogens with zero attached hydrogens (tertiary/aromatic N) is 2. The van der Waals surface area contributed by atoms with Gasteiger partial charge in [-0.05, 0) is 0 Å². The van der Waals surface area contributed by atoms with Gasteiger partial charge in [-0.15, -0.1) is 0 Å². The highest BCUT2D eigenvalue weighted by atomic mass is 16.5. The predicted octanol–water partition coefficient (Wildman–Crippen LogP) is 0.00670. The highest BCUT2D eigenvalue weighted by Gasteiger charge is 2.16. The molecule has 1 fully saturated rings. The van der Waals surface area contributed by atoms with E-state index >= 15 is 0 Å². The van der Waals surface area contributed by atoms with Crippen molar-refractivity contribution in [1.82, 2.24) is 15.3 Å². The van der Waals surface area contributed by atoms with Gasteiger partial charge in [-0.25, -0.2) is 9.97 Å². The second kappa shape index (κ2) is 4.34. The number of hydrogen-bond acceptors (Lipinski definition) is 5. The summed E-state index contributed by atoms with van der Waals surface area (Å²) in [6, 6.07) is 2.42. The summed E-state index contributed by atoms with van der Waals surface area (Å²) in [7, 11) is 1.66. The molecule has 1 aromatic heterocycles. The van der Waals surface area contributed by atoms with Crippen LogP contribution in [0.2, 0.25) is 0 Å². The molecule has 1 aliphatic rings. The molecule has 0 atom stereocenters. The van der Waals surface area contributed by atoms with Crippen LogP contribution in [0.4, 0.5) is 5.82 Å². The van der Waals surface area contributed by atoms with Crippen LogP contribution in [0, 0.1) is 0 Å². The molecular formula is C9H14N4O. The summed E-state index contributed by atoms with van der Waals surface area (Å²) in [6.45, 7) is 2.54. The lowest BCUT2D eigenvalue weighted by atomic mass is 10.2. The maximum atomic E-state index is 5.00. The van der Waals surface area contributed by atoms with Gasteiger partial charge < -0.3 is 15.4 Å². The van der Waals surface area contributed by atoms with E-state index < -0.39 is 0 Å². The van der Waals surface area contributed by atoms with Crippen molar-refractivity contribution in [3.8, 4) is 0 Å². The van der Waals surface area contributed by atoms with E-state index in [1.54, 1.807) is 13.4 Å². The molecule has 5 nitrogen and oxygen atoms in total. The van der Waals surface area contributed by atoms with Gasteiger partial charge in [0.1, 0.15) is 12.1 Å². The molecule has 1 aromatic rings. The van der Waals surface area contributed by atoms with Crippen LogP contribution in [-0.2, 0) is 11.3 Å². The van der Waals surface area contributed by atoms with Gasteiger partial charge in [0.25, 0.3) is 0 Å². The summed E-state index contributed by atoms with van der Waals surface area (Å²) in [4.78, 5) is 8.23. The van der Waals surface area contributed by atoms with Crippen molar-refractivity contribution in [2.45, 2.75) is 12.6 Å². The topological polar surface area (TPSA) is 59.1 Å². The Kier molecular flexibility index (Phi) is 2.90. The van der Waals surface area contributed by atoms with Crippen molar-refractivity contribution >= 4 is 5.82 Å². The van der Waals surface area contributed by atoms with E-state index in [9.17, 15) is 0 Å². The van der Waals surface area contributed by atoms with Gasteiger partial charge in [-0.2, -0.15) is 0 Å². The first kappa shape index (κ1) is 9.36. The quantitative estimate of drug-likeness (QED) is 0.707. The third kappa shape index (κ3) is 2.18. The molecule has 14 heavy (non-hydrogen) atoms. The van der Waals surface area contributed by atoms with E-state index in [0.29, 0.717) is 12.6 Å². The van der Waals surface area contributed by atoms with Crippen LogP contribution in [0.25, 0.3) is 0 Å². The molecule has 0 aromatic carbocycles. The molecule has 2 heterocycles. The Morgan fingerprint density at radius 3 is 3.07 bits per heavy atom. The maximum absolute atomic E-state index is 5.00. The standard InChI is InChI=1S/C9H14N4O/c1-14-5-7-2-9(12-6-11-7)13-8-3-10-4-8/h2,6,8,10H,3-5H2,1H3,(H,11,12,13). The first-order chi connectivity index (χ1) is 6.88. The molecule has 0 spiro atoms. The summed E-state index contributed by atoms with van der Waals surface area (Å²) in [5.74, 6) is 0.874. The summed E-state index contributed by atoms with van der Waals surface area (Å²) < 4.78 is 5.00. The minimum atomic E-state index is 0.500. The average molecular weight is 194 g/mol. The van der Waals surface area contributed by atoms with Crippen molar-refractivity contribution < 1.29 is 4.74 Å². The molecule has 0 aliphatic carbocycles. The molecule has 2 rings (SSSR count). The fraction of sp³-hybridized carbons (Fsp3) is 0.556. The SMILES string of the molecule is COCc1cc(NC2CNC2)ncn1. The van der Waals surface area contributed by atoms with Crippen LogP contribution < -0.4 is 10.6 Å². The van der Waals surface area contributed by atoms with E-state index in [1.807, 2.05) is 6.07 Å². The fourth-order valence-corrected chi connectivity index (χ4v) is 1.30. The molecule has 5 heteroatoms. The normalized spacial score (nSPS) is 16.4. The highest BCUT2D eigenvalue weighted by molar-refractivity contribution is 5.36. The zero-order valence-electron chi connectivity index (χ0n) is 8.16. The molecule has 0 saturated carbocycles. The average Bonchev–Trinajstić information content (AvgIpc) is 2.13. The lowest BCUT2D eigenvalue weighted by Crippen LogP contribution is -2.51. The summed E-state index contributed by atoms with van der Waals surface area (Å²) in [5, 5.41) is 6.50. The van der Waals surface area contributed by atoms with Gasteiger partial charge in [0.2, 0.25) is 0 Å². The van der Waals surface area contributed by atoms with Crippen molar-refractivity contribution in [3.63, 3.8) is 0 Å². The second-order valence-electron chi connectivity index (χ2n) is 3.33. The number of methoxy groups -OCH3 is 1. The smallest absolute Gasteiger partial charge is 0.129 e. The zero-order valence-corrected chi connectivity index (χ0v) is 8.16. The first-order valence-electron chi connectivity index (χ1n) is 4.65. The molecule has 0 radical (unpaired) electrons. The largest absolute Gasteiger partial charge is 0.378 e. The Bertz CT molecular complexity index is 301. The first-order valence-corrected chi connectivity index (χ1v) is 4.65.